The monoisotopic (exact) mass is 249 g/mol. The van der Waals surface area contributed by atoms with E-state index < -0.39 is 0 Å². The molecule has 0 amide bonds. The Morgan fingerprint density at radius 3 is 2.53 bits per heavy atom. The molecule has 3 aromatic rings. The molecule has 0 aromatic carbocycles. The number of aromatic amines is 1. The maximum atomic E-state index is 4.33. The van der Waals surface area contributed by atoms with Crippen molar-refractivity contribution in [2.24, 2.45) is 0 Å². The minimum Gasteiger partial charge on any atom is -0.346 e. The van der Waals surface area contributed by atoms with Gasteiger partial charge in [0.1, 0.15) is 5.65 Å². The first-order chi connectivity index (χ1) is 9.27. The normalized spacial score (nSPS) is 12.5. The van der Waals surface area contributed by atoms with E-state index in [2.05, 4.69) is 40.9 Å². The average Bonchev–Trinajstić information content (AvgIpc) is 2.95. The van der Waals surface area contributed by atoms with Gasteiger partial charge in [-0.2, -0.15) is 0 Å². The molecule has 0 aliphatic heterocycles. The molecule has 3 rings (SSSR count). The van der Waals surface area contributed by atoms with Gasteiger partial charge in [0.05, 0.1) is 0 Å². The Bertz CT molecular complexity index is 739. The second-order valence-corrected chi connectivity index (χ2v) is 4.58. The average molecular weight is 249 g/mol. The molecule has 0 radical (unpaired) electrons. The summed E-state index contributed by atoms with van der Waals surface area (Å²) in [7, 11) is 0. The SMILES string of the molecule is C/C(=C(\C)c1ccnc2[nH]ccc12)c1ccncc1. The molecule has 0 saturated carbocycles. The van der Waals surface area contributed by atoms with Crippen molar-refractivity contribution < 1.29 is 0 Å². The first-order valence-electron chi connectivity index (χ1n) is 6.27. The van der Waals surface area contributed by atoms with E-state index in [1.54, 1.807) is 0 Å². The number of nitrogens with zero attached hydrogens (tertiary/aromatic N) is 2. The smallest absolute Gasteiger partial charge is 0.137 e. The molecule has 0 aliphatic rings. The molecule has 0 spiro atoms. The van der Waals surface area contributed by atoms with Crippen LogP contribution in [-0.4, -0.2) is 15.0 Å². The summed E-state index contributed by atoms with van der Waals surface area (Å²) in [5.41, 5.74) is 5.88. The maximum Gasteiger partial charge on any atom is 0.137 e. The summed E-state index contributed by atoms with van der Waals surface area (Å²) in [6, 6.07) is 8.21. The van der Waals surface area contributed by atoms with Gasteiger partial charge in [0.15, 0.2) is 0 Å². The summed E-state index contributed by atoms with van der Waals surface area (Å²) in [6.45, 7) is 4.29. The van der Waals surface area contributed by atoms with Crippen LogP contribution in [0.3, 0.4) is 0 Å². The number of nitrogens with one attached hydrogen (secondary N) is 1. The molecular formula is C16H15N3. The standard InChI is InChI=1S/C16H15N3/c1-11(13-3-7-17-8-4-13)12(2)14-5-9-18-16-15(14)6-10-19-16/h3-10H,1-2H3,(H,18,19)/b12-11-. The van der Waals surface area contributed by atoms with Crippen molar-refractivity contribution in [3.63, 3.8) is 0 Å². The van der Waals surface area contributed by atoms with Gasteiger partial charge in [0, 0.05) is 30.2 Å². The van der Waals surface area contributed by atoms with E-state index in [9.17, 15) is 0 Å². The largest absolute Gasteiger partial charge is 0.346 e. The Morgan fingerprint density at radius 2 is 1.74 bits per heavy atom. The highest BCUT2D eigenvalue weighted by Crippen LogP contribution is 2.29. The molecule has 0 fully saturated rings. The summed E-state index contributed by atoms with van der Waals surface area (Å²) < 4.78 is 0. The summed E-state index contributed by atoms with van der Waals surface area (Å²) in [4.78, 5) is 11.5. The molecule has 3 nitrogen and oxygen atoms in total. The number of rotatable bonds is 2. The fraction of sp³-hybridized carbons (Fsp3) is 0.125. The highest BCUT2D eigenvalue weighted by Gasteiger charge is 2.08. The van der Waals surface area contributed by atoms with Crippen LogP contribution in [0.2, 0.25) is 0 Å². The zero-order valence-electron chi connectivity index (χ0n) is 11.0. The van der Waals surface area contributed by atoms with Crippen LogP contribution in [0.15, 0.2) is 49.1 Å². The molecule has 0 atom stereocenters. The highest BCUT2D eigenvalue weighted by molar-refractivity contribution is 5.98. The van der Waals surface area contributed by atoms with Crippen molar-refractivity contribution in [3.05, 3.63) is 60.2 Å². The molecule has 0 aliphatic carbocycles. The fourth-order valence-electron chi connectivity index (χ4n) is 2.31. The van der Waals surface area contributed by atoms with Gasteiger partial charge in [-0.1, -0.05) is 0 Å². The lowest BCUT2D eigenvalue weighted by Crippen LogP contribution is -1.89. The summed E-state index contributed by atoms with van der Waals surface area (Å²) in [6.07, 6.45) is 7.42. The summed E-state index contributed by atoms with van der Waals surface area (Å²) in [5.74, 6) is 0. The quantitative estimate of drug-likeness (QED) is 0.748. The number of allylic oxidation sites excluding steroid dienone is 2. The van der Waals surface area contributed by atoms with Crippen LogP contribution in [0.25, 0.3) is 22.2 Å². The van der Waals surface area contributed by atoms with Gasteiger partial charge in [-0.15, -0.1) is 0 Å². The molecule has 1 N–H and O–H groups in total. The van der Waals surface area contributed by atoms with Gasteiger partial charge in [0.2, 0.25) is 0 Å². The first kappa shape index (κ1) is 11.7. The molecule has 0 saturated heterocycles. The topological polar surface area (TPSA) is 41.6 Å². The predicted octanol–water partition coefficient (Wildman–Crippen LogP) is 3.91. The minimum atomic E-state index is 0.930. The van der Waals surface area contributed by atoms with E-state index in [4.69, 9.17) is 0 Å². The Balaban J connectivity index is 2.18. The Morgan fingerprint density at radius 1 is 0.947 bits per heavy atom. The van der Waals surface area contributed by atoms with Gasteiger partial charge < -0.3 is 4.98 Å². The lowest BCUT2D eigenvalue weighted by molar-refractivity contribution is 1.31. The third kappa shape index (κ3) is 2.03. The number of pyridine rings is 2. The predicted molar refractivity (Wildman–Crippen MR) is 78.5 cm³/mol. The van der Waals surface area contributed by atoms with E-state index >= 15 is 0 Å². The molecule has 0 bridgehead atoms. The zero-order chi connectivity index (χ0) is 13.2. The van der Waals surface area contributed by atoms with Gasteiger partial charge in [-0.25, -0.2) is 4.98 Å². The number of H-pyrrole nitrogens is 1. The molecule has 19 heavy (non-hydrogen) atoms. The number of fused-ring (bicyclic) bond motifs is 1. The third-order valence-corrected chi connectivity index (χ3v) is 3.54. The second-order valence-electron chi connectivity index (χ2n) is 4.58. The fourth-order valence-corrected chi connectivity index (χ4v) is 2.31. The van der Waals surface area contributed by atoms with Crippen molar-refractivity contribution in [2.45, 2.75) is 13.8 Å². The van der Waals surface area contributed by atoms with Crippen LogP contribution in [-0.2, 0) is 0 Å². The lowest BCUT2D eigenvalue weighted by atomic mass is 9.97. The molecule has 3 aromatic heterocycles. The van der Waals surface area contributed by atoms with Gasteiger partial charge in [-0.3, -0.25) is 4.98 Å². The van der Waals surface area contributed by atoms with Gasteiger partial charge in [-0.05, 0) is 60.4 Å². The zero-order valence-corrected chi connectivity index (χ0v) is 11.0. The van der Waals surface area contributed by atoms with Crippen LogP contribution in [0.1, 0.15) is 25.0 Å². The second kappa shape index (κ2) is 4.69. The lowest BCUT2D eigenvalue weighted by Gasteiger charge is -2.09. The third-order valence-electron chi connectivity index (χ3n) is 3.54. The van der Waals surface area contributed by atoms with Crippen molar-refractivity contribution in [1.29, 1.82) is 0 Å². The Hall–Kier alpha value is -2.42. The van der Waals surface area contributed by atoms with E-state index in [1.165, 1.54) is 22.3 Å². The Kier molecular flexibility index (Phi) is 2.88. The molecule has 94 valence electrons. The molecular weight excluding hydrogens is 234 g/mol. The number of hydrogen-bond acceptors (Lipinski definition) is 2. The van der Waals surface area contributed by atoms with E-state index in [1.807, 2.05) is 36.9 Å². The van der Waals surface area contributed by atoms with Crippen LogP contribution >= 0.6 is 0 Å². The Labute approximate surface area is 112 Å². The van der Waals surface area contributed by atoms with Crippen LogP contribution in [0.5, 0.6) is 0 Å². The minimum absolute atomic E-state index is 0.930. The van der Waals surface area contributed by atoms with Crippen molar-refractivity contribution in [2.75, 3.05) is 0 Å². The molecule has 0 unspecified atom stereocenters. The molecule has 3 heterocycles. The summed E-state index contributed by atoms with van der Waals surface area (Å²) in [5, 5.41) is 1.16. The van der Waals surface area contributed by atoms with Crippen LogP contribution < -0.4 is 0 Å². The van der Waals surface area contributed by atoms with Gasteiger partial charge >= 0.3 is 0 Å². The highest BCUT2D eigenvalue weighted by atomic mass is 14.8. The van der Waals surface area contributed by atoms with Crippen molar-refractivity contribution in [3.8, 4) is 0 Å². The first-order valence-corrected chi connectivity index (χ1v) is 6.27. The van der Waals surface area contributed by atoms with Crippen molar-refractivity contribution in [1.82, 2.24) is 15.0 Å². The summed E-state index contributed by atoms with van der Waals surface area (Å²) >= 11 is 0. The maximum absolute atomic E-state index is 4.33. The van der Waals surface area contributed by atoms with E-state index in [0.717, 1.165) is 11.0 Å². The van der Waals surface area contributed by atoms with E-state index in [0.29, 0.717) is 0 Å². The van der Waals surface area contributed by atoms with Crippen LogP contribution in [0, 0.1) is 0 Å². The van der Waals surface area contributed by atoms with Gasteiger partial charge in [0.25, 0.3) is 0 Å². The van der Waals surface area contributed by atoms with E-state index in [-0.39, 0.29) is 0 Å². The molecule has 3 heteroatoms. The number of aromatic nitrogens is 3. The van der Waals surface area contributed by atoms with Crippen LogP contribution in [0.4, 0.5) is 0 Å². The number of hydrogen-bond donors (Lipinski definition) is 1. The van der Waals surface area contributed by atoms with Crippen molar-refractivity contribution >= 4 is 22.2 Å².